The molecule has 2 rings (SSSR count). The second-order valence-electron chi connectivity index (χ2n) is 4.84. The summed E-state index contributed by atoms with van der Waals surface area (Å²) in [5.41, 5.74) is 6.63. The Hall–Kier alpha value is -1.38. The number of fused-ring (bicyclic) bond motifs is 1. The Morgan fingerprint density at radius 3 is 2.95 bits per heavy atom. The van der Waals surface area contributed by atoms with Gasteiger partial charge in [0.25, 0.3) is 0 Å². The van der Waals surface area contributed by atoms with E-state index in [-0.39, 0.29) is 24.0 Å². The van der Waals surface area contributed by atoms with Crippen LogP contribution in [0, 0.1) is 5.92 Å². The van der Waals surface area contributed by atoms with E-state index in [2.05, 4.69) is 34.4 Å². The van der Waals surface area contributed by atoms with Crippen LogP contribution in [0.1, 0.15) is 19.7 Å². The molecule has 0 aliphatic carbocycles. The number of aliphatic imine (C=N–C) groups is 1. The zero-order valence-corrected chi connectivity index (χ0v) is 14.1. The van der Waals surface area contributed by atoms with Gasteiger partial charge in [0.1, 0.15) is 5.82 Å². The van der Waals surface area contributed by atoms with Gasteiger partial charge in [-0.05, 0) is 18.1 Å². The van der Waals surface area contributed by atoms with E-state index in [1.807, 2.05) is 28.8 Å². The smallest absolute Gasteiger partial charge is 0.188 e. The molecular formula is C13H21IN6. The van der Waals surface area contributed by atoms with Crippen LogP contribution in [-0.2, 0) is 6.42 Å². The van der Waals surface area contributed by atoms with Gasteiger partial charge < -0.3 is 11.1 Å². The lowest BCUT2D eigenvalue weighted by Crippen LogP contribution is -2.33. The summed E-state index contributed by atoms with van der Waals surface area (Å²) in [7, 11) is 0. The van der Waals surface area contributed by atoms with Crippen LogP contribution in [0.3, 0.4) is 0 Å². The molecule has 2 aromatic rings. The van der Waals surface area contributed by atoms with Crippen LogP contribution >= 0.6 is 24.0 Å². The number of guanidine groups is 1. The Morgan fingerprint density at radius 1 is 1.40 bits per heavy atom. The molecule has 0 unspecified atom stereocenters. The fourth-order valence-corrected chi connectivity index (χ4v) is 1.70. The fourth-order valence-electron chi connectivity index (χ4n) is 1.70. The van der Waals surface area contributed by atoms with Crippen LogP contribution in [0.15, 0.2) is 29.4 Å². The summed E-state index contributed by atoms with van der Waals surface area (Å²) >= 11 is 0. The molecule has 0 fully saturated rings. The first kappa shape index (κ1) is 16.7. The standard InChI is InChI=1S/C13H20N6.HI/c1-10(2)9-16-13(14)15-7-6-12-18-17-11-5-3-4-8-19(11)12;/h3-5,8,10H,6-7,9H2,1-2H3,(H3,14,15,16);1H. The minimum Gasteiger partial charge on any atom is -0.370 e. The molecule has 0 aromatic carbocycles. The van der Waals surface area contributed by atoms with E-state index in [9.17, 15) is 0 Å². The zero-order valence-electron chi connectivity index (χ0n) is 11.8. The summed E-state index contributed by atoms with van der Waals surface area (Å²) < 4.78 is 1.98. The average Bonchev–Trinajstić information content (AvgIpc) is 2.80. The molecule has 0 atom stereocenters. The van der Waals surface area contributed by atoms with Crippen LogP contribution < -0.4 is 11.1 Å². The van der Waals surface area contributed by atoms with Crippen molar-refractivity contribution in [1.82, 2.24) is 19.9 Å². The zero-order chi connectivity index (χ0) is 13.7. The molecular weight excluding hydrogens is 367 g/mol. The third-order valence-electron chi connectivity index (χ3n) is 2.67. The predicted octanol–water partition coefficient (Wildman–Crippen LogP) is 1.45. The molecule has 0 radical (unpaired) electrons. The van der Waals surface area contributed by atoms with Crippen molar-refractivity contribution in [2.45, 2.75) is 20.3 Å². The van der Waals surface area contributed by atoms with Gasteiger partial charge in [0.2, 0.25) is 0 Å². The normalized spacial score (nSPS) is 11.7. The first-order valence-corrected chi connectivity index (χ1v) is 6.49. The SMILES string of the molecule is CC(C)CN=C(N)NCCc1nnc2ccccn12.I. The molecule has 7 heteroatoms. The third-order valence-corrected chi connectivity index (χ3v) is 2.67. The second kappa shape index (κ2) is 8.03. The van der Waals surface area contributed by atoms with Crippen molar-refractivity contribution in [2.75, 3.05) is 13.1 Å². The average molecular weight is 388 g/mol. The fraction of sp³-hybridized carbons (Fsp3) is 0.462. The van der Waals surface area contributed by atoms with E-state index in [0.717, 1.165) is 24.4 Å². The molecule has 110 valence electrons. The highest BCUT2D eigenvalue weighted by Crippen LogP contribution is 2.02. The van der Waals surface area contributed by atoms with Crippen molar-refractivity contribution in [3.63, 3.8) is 0 Å². The lowest BCUT2D eigenvalue weighted by Gasteiger charge is -2.06. The maximum atomic E-state index is 5.77. The monoisotopic (exact) mass is 388 g/mol. The maximum absolute atomic E-state index is 5.77. The van der Waals surface area contributed by atoms with Crippen molar-refractivity contribution >= 4 is 35.6 Å². The molecule has 3 N–H and O–H groups in total. The molecule has 0 amide bonds. The van der Waals surface area contributed by atoms with Gasteiger partial charge in [-0.3, -0.25) is 9.39 Å². The topological polar surface area (TPSA) is 80.6 Å². The Morgan fingerprint density at radius 2 is 2.20 bits per heavy atom. The van der Waals surface area contributed by atoms with E-state index in [1.165, 1.54) is 0 Å². The summed E-state index contributed by atoms with van der Waals surface area (Å²) in [6.45, 7) is 5.66. The van der Waals surface area contributed by atoms with Crippen molar-refractivity contribution in [3.8, 4) is 0 Å². The molecule has 2 heterocycles. The summed E-state index contributed by atoms with van der Waals surface area (Å²) in [6, 6.07) is 5.84. The lowest BCUT2D eigenvalue weighted by atomic mass is 10.2. The number of nitrogens with one attached hydrogen (secondary N) is 1. The first-order chi connectivity index (χ1) is 9.16. The van der Waals surface area contributed by atoms with Gasteiger partial charge in [-0.2, -0.15) is 0 Å². The Balaban J connectivity index is 0.00000200. The molecule has 0 saturated heterocycles. The van der Waals surface area contributed by atoms with Crippen LogP contribution in [-0.4, -0.2) is 33.6 Å². The van der Waals surface area contributed by atoms with Crippen molar-refractivity contribution in [1.29, 1.82) is 0 Å². The molecule has 2 aromatic heterocycles. The summed E-state index contributed by atoms with van der Waals surface area (Å²) in [5, 5.41) is 11.3. The largest absolute Gasteiger partial charge is 0.370 e. The third kappa shape index (κ3) is 4.62. The number of nitrogens with zero attached hydrogens (tertiary/aromatic N) is 4. The highest BCUT2D eigenvalue weighted by atomic mass is 127. The molecule has 0 aliphatic rings. The summed E-state index contributed by atoms with van der Waals surface area (Å²) in [6.07, 6.45) is 2.71. The van der Waals surface area contributed by atoms with Gasteiger partial charge in [0, 0.05) is 25.7 Å². The van der Waals surface area contributed by atoms with Crippen LogP contribution in [0.2, 0.25) is 0 Å². The Bertz CT molecular complexity index is 563. The molecule has 0 aliphatic heterocycles. The molecule has 0 bridgehead atoms. The van der Waals surface area contributed by atoms with Gasteiger partial charge in [-0.15, -0.1) is 34.2 Å². The van der Waals surface area contributed by atoms with Crippen molar-refractivity contribution < 1.29 is 0 Å². The number of aromatic nitrogens is 3. The van der Waals surface area contributed by atoms with Gasteiger partial charge in [0.05, 0.1) is 0 Å². The summed E-state index contributed by atoms with van der Waals surface area (Å²) in [5.74, 6) is 1.92. The second-order valence-corrected chi connectivity index (χ2v) is 4.84. The Labute approximate surface area is 135 Å². The summed E-state index contributed by atoms with van der Waals surface area (Å²) in [4.78, 5) is 4.25. The quantitative estimate of drug-likeness (QED) is 0.462. The van der Waals surface area contributed by atoms with Crippen LogP contribution in [0.5, 0.6) is 0 Å². The van der Waals surface area contributed by atoms with Crippen molar-refractivity contribution in [3.05, 3.63) is 30.2 Å². The molecule has 6 nitrogen and oxygen atoms in total. The first-order valence-electron chi connectivity index (χ1n) is 6.49. The number of pyridine rings is 1. The van der Waals surface area contributed by atoms with Gasteiger partial charge in [0.15, 0.2) is 11.6 Å². The lowest BCUT2D eigenvalue weighted by molar-refractivity contribution is 0.660. The predicted molar refractivity (Wildman–Crippen MR) is 91.4 cm³/mol. The van der Waals surface area contributed by atoms with Gasteiger partial charge in [-0.1, -0.05) is 19.9 Å². The van der Waals surface area contributed by atoms with E-state index in [0.29, 0.717) is 18.4 Å². The highest BCUT2D eigenvalue weighted by molar-refractivity contribution is 14.0. The van der Waals surface area contributed by atoms with Crippen molar-refractivity contribution in [2.24, 2.45) is 16.6 Å². The van der Waals surface area contributed by atoms with Crippen LogP contribution in [0.25, 0.3) is 5.65 Å². The van der Waals surface area contributed by atoms with E-state index < -0.39 is 0 Å². The molecule has 0 spiro atoms. The number of hydrogen-bond acceptors (Lipinski definition) is 3. The maximum Gasteiger partial charge on any atom is 0.188 e. The highest BCUT2D eigenvalue weighted by Gasteiger charge is 2.03. The minimum atomic E-state index is 0. The van der Waals surface area contributed by atoms with E-state index in [4.69, 9.17) is 5.73 Å². The number of nitrogens with two attached hydrogens (primary N) is 1. The minimum absolute atomic E-state index is 0. The number of rotatable bonds is 5. The van der Waals surface area contributed by atoms with Gasteiger partial charge >= 0.3 is 0 Å². The molecule has 20 heavy (non-hydrogen) atoms. The number of halogens is 1. The molecule has 0 saturated carbocycles. The van der Waals surface area contributed by atoms with E-state index >= 15 is 0 Å². The Kier molecular flexibility index (Phi) is 6.69. The number of hydrogen-bond donors (Lipinski definition) is 2. The van der Waals surface area contributed by atoms with E-state index in [1.54, 1.807) is 0 Å². The van der Waals surface area contributed by atoms with Crippen LogP contribution in [0.4, 0.5) is 0 Å². The van der Waals surface area contributed by atoms with Gasteiger partial charge in [-0.25, -0.2) is 0 Å².